The molecule has 28 heavy (non-hydrogen) atoms. The Morgan fingerprint density at radius 2 is 1.57 bits per heavy atom. The standard InChI is InChI=1S/C24H19BrN2O/c1-15-11-13-17(14-12-15)23-16(2)22(18-7-3-5-9-20(18)26-23)24(28)27-21-10-6-4-8-19(21)25/h3-14H,1-2H3,(H,27,28). The maximum atomic E-state index is 13.3. The predicted octanol–water partition coefficient (Wildman–Crippen LogP) is 6.53. The number of para-hydroxylation sites is 2. The highest BCUT2D eigenvalue weighted by Crippen LogP contribution is 2.31. The van der Waals surface area contributed by atoms with Crippen molar-refractivity contribution in [1.82, 2.24) is 4.98 Å². The highest BCUT2D eigenvalue weighted by atomic mass is 79.9. The maximum absolute atomic E-state index is 13.3. The molecule has 0 unspecified atom stereocenters. The number of anilines is 1. The number of nitrogens with one attached hydrogen (secondary N) is 1. The van der Waals surface area contributed by atoms with Gasteiger partial charge in [-0.25, -0.2) is 4.98 Å². The molecule has 4 aromatic rings. The highest BCUT2D eigenvalue weighted by Gasteiger charge is 2.19. The number of fused-ring (bicyclic) bond motifs is 1. The maximum Gasteiger partial charge on any atom is 0.256 e. The van der Waals surface area contributed by atoms with Crippen molar-refractivity contribution in [2.75, 3.05) is 5.32 Å². The van der Waals surface area contributed by atoms with Crippen molar-refractivity contribution in [3.8, 4) is 11.3 Å². The third kappa shape index (κ3) is 3.43. The first-order chi connectivity index (χ1) is 13.5. The van der Waals surface area contributed by atoms with Crippen LogP contribution in [0.5, 0.6) is 0 Å². The molecule has 0 radical (unpaired) electrons. The van der Waals surface area contributed by atoms with Crippen molar-refractivity contribution < 1.29 is 4.79 Å². The molecule has 3 nitrogen and oxygen atoms in total. The molecule has 1 heterocycles. The second kappa shape index (κ2) is 7.56. The van der Waals surface area contributed by atoms with Gasteiger partial charge < -0.3 is 5.32 Å². The van der Waals surface area contributed by atoms with Crippen LogP contribution in [0.25, 0.3) is 22.2 Å². The van der Waals surface area contributed by atoms with E-state index in [1.807, 2.05) is 55.5 Å². The van der Waals surface area contributed by atoms with Crippen molar-refractivity contribution in [3.05, 3.63) is 94.0 Å². The molecule has 0 atom stereocenters. The van der Waals surface area contributed by atoms with Crippen molar-refractivity contribution in [3.63, 3.8) is 0 Å². The SMILES string of the molecule is Cc1ccc(-c2nc3ccccc3c(C(=O)Nc3ccccc3Br)c2C)cc1. The fourth-order valence-electron chi connectivity index (χ4n) is 3.34. The molecular weight excluding hydrogens is 412 g/mol. The minimum absolute atomic E-state index is 0.142. The summed E-state index contributed by atoms with van der Waals surface area (Å²) in [7, 11) is 0. The normalized spacial score (nSPS) is 10.8. The summed E-state index contributed by atoms with van der Waals surface area (Å²) in [6.07, 6.45) is 0. The van der Waals surface area contributed by atoms with E-state index < -0.39 is 0 Å². The monoisotopic (exact) mass is 430 g/mol. The first-order valence-electron chi connectivity index (χ1n) is 9.07. The zero-order chi connectivity index (χ0) is 19.7. The quantitative estimate of drug-likeness (QED) is 0.401. The molecule has 0 aliphatic heterocycles. The van der Waals surface area contributed by atoms with Crippen LogP contribution in [0.4, 0.5) is 5.69 Å². The molecule has 0 bridgehead atoms. The van der Waals surface area contributed by atoms with E-state index in [4.69, 9.17) is 4.98 Å². The zero-order valence-electron chi connectivity index (χ0n) is 15.7. The lowest BCUT2D eigenvalue weighted by Gasteiger charge is -2.15. The fraction of sp³-hybridized carbons (Fsp3) is 0.0833. The van der Waals surface area contributed by atoms with E-state index in [1.54, 1.807) is 0 Å². The Kier molecular flexibility index (Phi) is 4.97. The van der Waals surface area contributed by atoms with Crippen molar-refractivity contribution >= 4 is 38.4 Å². The zero-order valence-corrected chi connectivity index (χ0v) is 17.2. The van der Waals surface area contributed by atoms with Crippen LogP contribution in [0, 0.1) is 13.8 Å². The van der Waals surface area contributed by atoms with Gasteiger partial charge in [0.05, 0.1) is 22.5 Å². The largest absolute Gasteiger partial charge is 0.321 e. The lowest BCUT2D eigenvalue weighted by Crippen LogP contribution is -2.15. The smallest absolute Gasteiger partial charge is 0.256 e. The summed E-state index contributed by atoms with van der Waals surface area (Å²) in [5.41, 5.74) is 6.09. The number of nitrogens with zero attached hydrogens (tertiary/aromatic N) is 1. The molecule has 1 amide bonds. The number of benzene rings is 3. The van der Waals surface area contributed by atoms with E-state index >= 15 is 0 Å². The number of rotatable bonds is 3. The van der Waals surface area contributed by atoms with E-state index in [-0.39, 0.29) is 5.91 Å². The average Bonchev–Trinajstić information content (AvgIpc) is 2.70. The lowest BCUT2D eigenvalue weighted by molar-refractivity contribution is 0.102. The molecular formula is C24H19BrN2O. The number of amides is 1. The number of hydrogen-bond donors (Lipinski definition) is 1. The van der Waals surface area contributed by atoms with Crippen LogP contribution in [-0.2, 0) is 0 Å². The van der Waals surface area contributed by atoms with Crippen LogP contribution in [0.1, 0.15) is 21.5 Å². The van der Waals surface area contributed by atoms with Crippen LogP contribution in [0.3, 0.4) is 0 Å². The first kappa shape index (κ1) is 18.4. The Hall–Kier alpha value is -2.98. The third-order valence-electron chi connectivity index (χ3n) is 4.81. The van der Waals surface area contributed by atoms with E-state index in [9.17, 15) is 4.79 Å². The van der Waals surface area contributed by atoms with Gasteiger partial charge in [0.2, 0.25) is 0 Å². The molecule has 0 fully saturated rings. The van der Waals surface area contributed by atoms with Crippen LogP contribution in [0.2, 0.25) is 0 Å². The predicted molar refractivity (Wildman–Crippen MR) is 119 cm³/mol. The molecule has 0 aliphatic rings. The Bertz CT molecular complexity index is 1180. The number of halogens is 1. The Labute approximate surface area is 172 Å². The molecule has 0 saturated carbocycles. The lowest BCUT2D eigenvalue weighted by atomic mass is 9.96. The summed E-state index contributed by atoms with van der Waals surface area (Å²) >= 11 is 3.50. The van der Waals surface area contributed by atoms with E-state index in [0.29, 0.717) is 5.56 Å². The van der Waals surface area contributed by atoms with Crippen LogP contribution < -0.4 is 5.32 Å². The van der Waals surface area contributed by atoms with Gasteiger partial charge in [-0.05, 0) is 53.5 Å². The van der Waals surface area contributed by atoms with Gasteiger partial charge in [-0.15, -0.1) is 0 Å². The second-order valence-electron chi connectivity index (χ2n) is 6.78. The summed E-state index contributed by atoms with van der Waals surface area (Å²) in [6.45, 7) is 4.02. The number of carbonyl (C=O) groups excluding carboxylic acids is 1. The van der Waals surface area contributed by atoms with E-state index in [0.717, 1.165) is 37.9 Å². The molecule has 138 valence electrons. The topological polar surface area (TPSA) is 42.0 Å². The molecule has 0 saturated heterocycles. The second-order valence-corrected chi connectivity index (χ2v) is 7.63. The van der Waals surface area contributed by atoms with Gasteiger partial charge in [0.25, 0.3) is 5.91 Å². The number of carbonyl (C=O) groups is 1. The third-order valence-corrected chi connectivity index (χ3v) is 5.50. The molecule has 1 N–H and O–H groups in total. The summed E-state index contributed by atoms with van der Waals surface area (Å²) in [6, 6.07) is 23.6. The summed E-state index contributed by atoms with van der Waals surface area (Å²) in [5, 5.41) is 3.88. The number of aromatic nitrogens is 1. The molecule has 3 aromatic carbocycles. The number of aryl methyl sites for hydroxylation is 1. The molecule has 4 rings (SSSR count). The van der Waals surface area contributed by atoms with Gasteiger partial charge in [-0.2, -0.15) is 0 Å². The summed E-state index contributed by atoms with van der Waals surface area (Å²) < 4.78 is 0.845. The van der Waals surface area contributed by atoms with Crippen molar-refractivity contribution in [2.24, 2.45) is 0 Å². The Morgan fingerprint density at radius 1 is 0.893 bits per heavy atom. The minimum Gasteiger partial charge on any atom is -0.321 e. The first-order valence-corrected chi connectivity index (χ1v) is 9.86. The van der Waals surface area contributed by atoms with Gasteiger partial charge in [0, 0.05) is 15.4 Å². The highest BCUT2D eigenvalue weighted by molar-refractivity contribution is 9.10. The van der Waals surface area contributed by atoms with Gasteiger partial charge >= 0.3 is 0 Å². The minimum atomic E-state index is -0.142. The molecule has 0 aliphatic carbocycles. The summed E-state index contributed by atoms with van der Waals surface area (Å²) in [4.78, 5) is 18.1. The average molecular weight is 431 g/mol. The number of pyridine rings is 1. The van der Waals surface area contributed by atoms with Crippen molar-refractivity contribution in [2.45, 2.75) is 13.8 Å². The van der Waals surface area contributed by atoms with E-state index in [1.165, 1.54) is 5.56 Å². The summed E-state index contributed by atoms with van der Waals surface area (Å²) in [5.74, 6) is -0.142. The van der Waals surface area contributed by atoms with Gasteiger partial charge in [-0.3, -0.25) is 4.79 Å². The van der Waals surface area contributed by atoms with Crippen LogP contribution in [-0.4, -0.2) is 10.9 Å². The Morgan fingerprint density at radius 3 is 2.32 bits per heavy atom. The van der Waals surface area contributed by atoms with Gasteiger partial charge in [0.1, 0.15) is 0 Å². The van der Waals surface area contributed by atoms with Crippen LogP contribution in [0.15, 0.2) is 77.3 Å². The van der Waals surface area contributed by atoms with Gasteiger partial charge in [0.15, 0.2) is 0 Å². The van der Waals surface area contributed by atoms with E-state index in [2.05, 4.69) is 52.4 Å². The number of hydrogen-bond acceptors (Lipinski definition) is 2. The fourth-order valence-corrected chi connectivity index (χ4v) is 3.72. The Balaban J connectivity index is 1.89. The van der Waals surface area contributed by atoms with Gasteiger partial charge in [-0.1, -0.05) is 60.2 Å². The van der Waals surface area contributed by atoms with Crippen molar-refractivity contribution in [1.29, 1.82) is 0 Å². The molecule has 0 spiro atoms. The molecule has 4 heteroatoms. The molecule has 1 aromatic heterocycles. The van der Waals surface area contributed by atoms with Crippen LogP contribution >= 0.6 is 15.9 Å².